The Bertz CT molecular complexity index is 1070. The van der Waals surface area contributed by atoms with Crippen LogP contribution in [0.4, 0.5) is 0 Å². The molecule has 0 spiro atoms. The first kappa shape index (κ1) is 20.0. The first-order chi connectivity index (χ1) is 14.6. The molecule has 6 heteroatoms. The highest BCUT2D eigenvalue weighted by atomic mass is 16.2. The van der Waals surface area contributed by atoms with Gasteiger partial charge in [-0.2, -0.15) is 9.78 Å². The summed E-state index contributed by atoms with van der Waals surface area (Å²) in [5.74, 6) is 0. The summed E-state index contributed by atoms with van der Waals surface area (Å²) >= 11 is 0. The Morgan fingerprint density at radius 1 is 1.03 bits per heavy atom. The maximum atomic E-state index is 12.9. The first-order valence-corrected chi connectivity index (χ1v) is 10.3. The van der Waals surface area contributed by atoms with Gasteiger partial charge in [-0.3, -0.25) is 14.3 Å². The average Bonchev–Trinajstić information content (AvgIpc) is 3.16. The van der Waals surface area contributed by atoms with Crippen molar-refractivity contribution in [2.24, 2.45) is 0 Å². The van der Waals surface area contributed by atoms with E-state index in [1.54, 1.807) is 35.2 Å². The Hall–Kier alpha value is -3.25. The minimum absolute atomic E-state index is 0.132. The van der Waals surface area contributed by atoms with Gasteiger partial charge in [0.05, 0.1) is 5.69 Å². The van der Waals surface area contributed by atoms with Gasteiger partial charge in [-0.25, -0.2) is 4.79 Å². The van der Waals surface area contributed by atoms with Crippen LogP contribution in [0.2, 0.25) is 0 Å². The largest absolute Gasteiger partial charge is 0.350 e. The van der Waals surface area contributed by atoms with Gasteiger partial charge in [0.2, 0.25) is 0 Å². The van der Waals surface area contributed by atoms with E-state index in [1.807, 2.05) is 6.07 Å². The average molecular weight is 402 g/mol. The van der Waals surface area contributed by atoms with Crippen molar-refractivity contribution >= 4 is 12.4 Å². The summed E-state index contributed by atoms with van der Waals surface area (Å²) in [6.45, 7) is 5.02. The Kier molecular flexibility index (Phi) is 6.05. The molecule has 2 heterocycles. The molecule has 154 valence electrons. The monoisotopic (exact) mass is 402 g/mol. The second kappa shape index (κ2) is 9.05. The quantitative estimate of drug-likeness (QED) is 0.591. The number of piperidine rings is 1. The molecule has 0 saturated carbocycles. The van der Waals surface area contributed by atoms with Gasteiger partial charge in [-0.15, -0.1) is 0 Å². The number of likely N-dealkylation sites (tertiary alicyclic amines) is 1. The number of aldehydes is 1. The van der Waals surface area contributed by atoms with Gasteiger partial charge >= 0.3 is 5.69 Å². The molecule has 0 radical (unpaired) electrons. The highest BCUT2D eigenvalue weighted by molar-refractivity contribution is 5.75. The minimum Gasteiger partial charge on any atom is -0.299 e. The number of aromatic nitrogens is 3. The maximum absolute atomic E-state index is 12.9. The van der Waals surface area contributed by atoms with E-state index < -0.39 is 0 Å². The standard InChI is InChI=1S/C24H26N4O2/c1-19(15-20-5-3-2-4-6-20)16-26-13-11-22(12-14-26)27-18-25-28(24(27)30)23-9-7-21(17-29)8-10-23/h2-10,15,17-18,22H,11-14,16H2,1H3/b19-15+. The molecule has 1 saturated heterocycles. The third kappa shape index (κ3) is 4.49. The van der Waals surface area contributed by atoms with Crippen molar-refractivity contribution in [1.29, 1.82) is 0 Å². The zero-order valence-corrected chi connectivity index (χ0v) is 17.1. The van der Waals surface area contributed by atoms with Crippen LogP contribution in [0.3, 0.4) is 0 Å². The first-order valence-electron chi connectivity index (χ1n) is 10.3. The van der Waals surface area contributed by atoms with E-state index in [2.05, 4.69) is 47.3 Å². The molecule has 2 aromatic carbocycles. The number of carbonyl (C=O) groups excluding carboxylic acids is 1. The van der Waals surface area contributed by atoms with Crippen molar-refractivity contribution in [2.45, 2.75) is 25.8 Å². The minimum atomic E-state index is -0.132. The zero-order chi connectivity index (χ0) is 20.9. The van der Waals surface area contributed by atoms with Crippen molar-refractivity contribution < 1.29 is 4.79 Å². The Labute approximate surface area is 176 Å². The molecular weight excluding hydrogens is 376 g/mol. The molecule has 0 atom stereocenters. The van der Waals surface area contributed by atoms with E-state index in [9.17, 15) is 9.59 Å². The van der Waals surface area contributed by atoms with Gasteiger partial charge < -0.3 is 0 Å². The van der Waals surface area contributed by atoms with Gasteiger partial charge in [-0.05, 0) is 49.6 Å². The van der Waals surface area contributed by atoms with Gasteiger partial charge in [-0.1, -0.05) is 42.0 Å². The van der Waals surface area contributed by atoms with Crippen LogP contribution in [0.5, 0.6) is 0 Å². The number of hydrogen-bond donors (Lipinski definition) is 0. The van der Waals surface area contributed by atoms with E-state index >= 15 is 0 Å². The van der Waals surface area contributed by atoms with Crippen LogP contribution in [0.25, 0.3) is 11.8 Å². The molecule has 6 nitrogen and oxygen atoms in total. The second-order valence-electron chi connectivity index (χ2n) is 7.85. The molecule has 0 bridgehead atoms. The van der Waals surface area contributed by atoms with Crippen LogP contribution in [0.1, 0.15) is 41.7 Å². The summed E-state index contributed by atoms with van der Waals surface area (Å²) in [6.07, 6.45) is 6.51. The smallest absolute Gasteiger partial charge is 0.299 e. The van der Waals surface area contributed by atoms with Gasteiger partial charge in [0.1, 0.15) is 12.6 Å². The zero-order valence-electron chi connectivity index (χ0n) is 17.1. The lowest BCUT2D eigenvalue weighted by Gasteiger charge is -2.32. The van der Waals surface area contributed by atoms with Crippen molar-refractivity contribution in [1.82, 2.24) is 19.2 Å². The van der Waals surface area contributed by atoms with E-state index in [-0.39, 0.29) is 11.7 Å². The third-order valence-electron chi connectivity index (χ3n) is 5.60. The third-order valence-corrected chi connectivity index (χ3v) is 5.60. The van der Waals surface area contributed by atoms with E-state index in [1.165, 1.54) is 15.8 Å². The number of rotatable bonds is 6. The van der Waals surface area contributed by atoms with Crippen LogP contribution < -0.4 is 5.69 Å². The fraction of sp³-hybridized carbons (Fsp3) is 0.292. The lowest BCUT2D eigenvalue weighted by molar-refractivity contribution is 0.112. The van der Waals surface area contributed by atoms with Crippen molar-refractivity contribution in [3.05, 3.63) is 88.1 Å². The molecule has 30 heavy (non-hydrogen) atoms. The summed E-state index contributed by atoms with van der Waals surface area (Å²) in [5.41, 5.74) is 3.68. The topological polar surface area (TPSA) is 60.1 Å². The SMILES string of the molecule is C/C(=C\c1ccccc1)CN1CCC(n2cnn(-c3ccc(C=O)cc3)c2=O)CC1. The molecule has 4 rings (SSSR count). The fourth-order valence-electron chi connectivity index (χ4n) is 4.02. The molecule has 1 aromatic heterocycles. The Morgan fingerprint density at radius 3 is 2.40 bits per heavy atom. The van der Waals surface area contributed by atoms with E-state index in [4.69, 9.17) is 0 Å². The number of hydrogen-bond acceptors (Lipinski definition) is 4. The van der Waals surface area contributed by atoms with Gasteiger partial charge in [0.25, 0.3) is 0 Å². The van der Waals surface area contributed by atoms with E-state index in [0.717, 1.165) is 38.8 Å². The molecule has 0 amide bonds. The van der Waals surface area contributed by atoms with Crippen LogP contribution in [-0.4, -0.2) is 45.2 Å². The molecule has 3 aromatic rings. The Balaban J connectivity index is 1.38. The summed E-state index contributed by atoms with van der Waals surface area (Å²) in [7, 11) is 0. The van der Waals surface area contributed by atoms with Crippen LogP contribution >= 0.6 is 0 Å². The second-order valence-corrected chi connectivity index (χ2v) is 7.85. The highest BCUT2D eigenvalue weighted by Gasteiger charge is 2.23. The van der Waals surface area contributed by atoms with E-state index in [0.29, 0.717) is 11.3 Å². The van der Waals surface area contributed by atoms with Crippen molar-refractivity contribution in [3.8, 4) is 5.69 Å². The number of carbonyl (C=O) groups is 1. The van der Waals surface area contributed by atoms with Crippen molar-refractivity contribution in [3.63, 3.8) is 0 Å². The molecular formula is C24H26N4O2. The lowest BCUT2D eigenvalue weighted by Crippen LogP contribution is -2.38. The predicted molar refractivity (Wildman–Crippen MR) is 118 cm³/mol. The normalized spacial score (nSPS) is 16.0. The predicted octanol–water partition coefficient (Wildman–Crippen LogP) is 3.59. The molecule has 0 aliphatic carbocycles. The van der Waals surface area contributed by atoms with Gasteiger partial charge in [0, 0.05) is 31.2 Å². The molecule has 1 fully saturated rings. The summed E-state index contributed by atoms with van der Waals surface area (Å²) in [4.78, 5) is 26.1. The maximum Gasteiger partial charge on any atom is 0.350 e. The molecule has 1 aliphatic rings. The summed E-state index contributed by atoms with van der Waals surface area (Å²) < 4.78 is 3.14. The lowest BCUT2D eigenvalue weighted by atomic mass is 10.0. The fourth-order valence-corrected chi connectivity index (χ4v) is 4.02. The van der Waals surface area contributed by atoms with Crippen molar-refractivity contribution in [2.75, 3.05) is 19.6 Å². The van der Waals surface area contributed by atoms with Gasteiger partial charge in [0.15, 0.2) is 0 Å². The molecule has 0 N–H and O–H groups in total. The Morgan fingerprint density at radius 2 is 1.73 bits per heavy atom. The number of nitrogens with zero attached hydrogens (tertiary/aromatic N) is 4. The van der Waals surface area contributed by atoms with Crippen LogP contribution in [0.15, 0.2) is 71.3 Å². The molecule has 1 aliphatic heterocycles. The van der Waals surface area contributed by atoms with Crippen LogP contribution in [0, 0.1) is 0 Å². The van der Waals surface area contributed by atoms with Crippen LogP contribution in [-0.2, 0) is 0 Å². The highest BCUT2D eigenvalue weighted by Crippen LogP contribution is 2.22. The number of benzene rings is 2. The summed E-state index contributed by atoms with van der Waals surface area (Å²) in [6, 6.07) is 17.4. The summed E-state index contributed by atoms with van der Waals surface area (Å²) in [5, 5.41) is 4.29. The molecule has 0 unspecified atom stereocenters.